The number of anilines is 6. The normalized spacial score (nSPS) is 15.4. The third-order valence-electron chi connectivity index (χ3n) is 10.2. The molecule has 0 atom stereocenters. The quantitative estimate of drug-likeness (QED) is 0.179. The minimum atomic E-state index is -0.0279. The average molecular weight is 635 g/mol. The van der Waals surface area contributed by atoms with E-state index in [-0.39, 0.29) is 31.1 Å². The number of hydrogen-bond acceptors (Lipinski definition) is 6. The van der Waals surface area contributed by atoms with Gasteiger partial charge in [-0.25, -0.2) is 0 Å². The molecule has 0 bridgehead atoms. The maximum Gasteiger partial charge on any atom is 0.252 e. The molecule has 0 aliphatic carbocycles. The molecule has 0 aromatic heterocycles. The third-order valence-corrected chi connectivity index (χ3v) is 10.2. The van der Waals surface area contributed by atoms with Gasteiger partial charge < -0.3 is 28.7 Å². The molecule has 5 aromatic carbocycles. The molecule has 0 fully saturated rings. The van der Waals surface area contributed by atoms with Gasteiger partial charge in [0.05, 0.1) is 11.4 Å². The molecule has 4 aliphatic heterocycles. The van der Waals surface area contributed by atoms with Crippen LogP contribution in [0, 0.1) is 6.92 Å². The molecule has 0 N–H and O–H groups in total. The predicted molar refractivity (Wildman–Crippen MR) is 195 cm³/mol. The second kappa shape index (κ2) is 9.99. The molecule has 0 spiro atoms. The van der Waals surface area contributed by atoms with E-state index >= 15 is 0 Å². The predicted octanol–water partition coefficient (Wildman–Crippen LogP) is 8.13. The summed E-state index contributed by atoms with van der Waals surface area (Å²) in [6, 6.07) is 31.1. The molecule has 5 aromatic rings. The van der Waals surface area contributed by atoms with Crippen molar-refractivity contribution in [1.82, 2.24) is 0 Å². The van der Waals surface area contributed by atoms with Crippen molar-refractivity contribution < 1.29 is 18.9 Å². The maximum atomic E-state index is 6.16. The molecule has 240 valence electrons. The summed E-state index contributed by atoms with van der Waals surface area (Å²) in [6.45, 7) is 16.4. The topological polar surface area (TPSA) is 43.4 Å². The highest BCUT2D eigenvalue weighted by Gasteiger charge is 2.45. The summed E-state index contributed by atoms with van der Waals surface area (Å²) in [5.41, 5.74) is 14.0. The number of fused-ring (bicyclic) bond motifs is 6. The Labute approximate surface area is 282 Å². The summed E-state index contributed by atoms with van der Waals surface area (Å²) in [7, 11) is 0. The fourth-order valence-electron chi connectivity index (χ4n) is 7.78. The Morgan fingerprint density at radius 1 is 0.521 bits per heavy atom. The largest absolute Gasteiger partial charge is 0.454 e. The Kier molecular flexibility index (Phi) is 6.06. The van der Waals surface area contributed by atoms with Crippen molar-refractivity contribution in [3.05, 3.63) is 102 Å². The Morgan fingerprint density at radius 3 is 1.42 bits per heavy atom. The number of hydrogen-bond donors (Lipinski definition) is 0. The lowest BCUT2D eigenvalue weighted by Crippen LogP contribution is -2.61. The van der Waals surface area contributed by atoms with Gasteiger partial charge in [0.15, 0.2) is 23.0 Å². The molecular weight excluding hydrogens is 595 g/mol. The third kappa shape index (κ3) is 4.19. The van der Waals surface area contributed by atoms with Crippen molar-refractivity contribution in [2.45, 2.75) is 59.3 Å². The first-order valence-corrected chi connectivity index (χ1v) is 16.8. The van der Waals surface area contributed by atoms with Crippen molar-refractivity contribution in [3.8, 4) is 23.0 Å². The van der Waals surface area contributed by atoms with Crippen LogP contribution in [0.2, 0.25) is 0 Å². The summed E-state index contributed by atoms with van der Waals surface area (Å²) in [5, 5.41) is 0. The van der Waals surface area contributed by atoms with Crippen LogP contribution in [0.25, 0.3) is 0 Å². The van der Waals surface area contributed by atoms with E-state index in [1.807, 2.05) is 12.1 Å². The van der Waals surface area contributed by atoms with E-state index in [1.54, 1.807) is 0 Å². The Hall–Kier alpha value is -5.04. The number of benzene rings is 5. The molecule has 4 aliphatic rings. The lowest BCUT2D eigenvalue weighted by atomic mass is 9.33. The van der Waals surface area contributed by atoms with Crippen molar-refractivity contribution in [3.63, 3.8) is 0 Å². The molecule has 7 heteroatoms. The SMILES string of the molecule is Cc1cc2c3c(c1)N(c1cccc4c1OCO4)c1ccc(C(C)(C)C)cc1B3c1cc(C(C)(C)C)ccc1N2c1cccc2c1OCO2. The van der Waals surface area contributed by atoms with Crippen LogP contribution in [-0.4, -0.2) is 20.3 Å². The summed E-state index contributed by atoms with van der Waals surface area (Å²) in [4.78, 5) is 4.78. The van der Waals surface area contributed by atoms with E-state index < -0.39 is 0 Å². The van der Waals surface area contributed by atoms with Crippen molar-refractivity contribution in [1.29, 1.82) is 0 Å². The molecule has 9 rings (SSSR count). The Balaban J connectivity index is 1.41. The van der Waals surface area contributed by atoms with Crippen LogP contribution in [0.5, 0.6) is 23.0 Å². The second-order valence-corrected chi connectivity index (χ2v) is 15.4. The van der Waals surface area contributed by atoms with Crippen LogP contribution in [0.1, 0.15) is 58.2 Å². The number of rotatable bonds is 2. The van der Waals surface area contributed by atoms with E-state index in [9.17, 15) is 0 Å². The average Bonchev–Trinajstić information content (AvgIpc) is 3.73. The molecule has 4 heterocycles. The maximum absolute atomic E-state index is 6.16. The van der Waals surface area contributed by atoms with E-state index in [1.165, 1.54) is 27.5 Å². The summed E-state index contributed by atoms with van der Waals surface area (Å²) >= 11 is 0. The van der Waals surface area contributed by atoms with Gasteiger partial charge in [-0.2, -0.15) is 0 Å². The molecular formula is C41H39BN2O4. The van der Waals surface area contributed by atoms with Crippen LogP contribution in [0.3, 0.4) is 0 Å². The monoisotopic (exact) mass is 634 g/mol. The van der Waals surface area contributed by atoms with Crippen LogP contribution in [-0.2, 0) is 10.8 Å². The molecule has 6 nitrogen and oxygen atoms in total. The first-order valence-electron chi connectivity index (χ1n) is 16.8. The number of nitrogens with zero attached hydrogens (tertiary/aromatic N) is 2. The molecule has 0 unspecified atom stereocenters. The zero-order valence-electron chi connectivity index (χ0n) is 28.6. The van der Waals surface area contributed by atoms with Gasteiger partial charge in [0.2, 0.25) is 13.6 Å². The van der Waals surface area contributed by atoms with E-state index in [0.29, 0.717) is 0 Å². The molecule has 48 heavy (non-hydrogen) atoms. The zero-order chi connectivity index (χ0) is 33.1. The Bertz CT molecular complexity index is 2010. The van der Waals surface area contributed by atoms with E-state index in [2.05, 4.69) is 131 Å². The first kappa shape index (κ1) is 29.1. The highest BCUT2D eigenvalue weighted by Crippen LogP contribution is 2.52. The lowest BCUT2D eigenvalue weighted by Gasteiger charge is -2.45. The first-order chi connectivity index (χ1) is 23.0. The van der Waals surface area contributed by atoms with Crippen LogP contribution in [0.15, 0.2) is 84.9 Å². The Morgan fingerprint density at radius 2 is 0.979 bits per heavy atom. The van der Waals surface area contributed by atoms with Crippen molar-refractivity contribution in [2.24, 2.45) is 0 Å². The number of ether oxygens (including phenoxy) is 4. The molecule has 0 amide bonds. The van der Waals surface area contributed by atoms with Gasteiger partial charge in [-0.15, -0.1) is 0 Å². The zero-order valence-corrected chi connectivity index (χ0v) is 28.6. The number of para-hydroxylation sites is 2. The lowest BCUT2D eigenvalue weighted by molar-refractivity contribution is 0.174. The van der Waals surface area contributed by atoms with E-state index in [0.717, 1.165) is 62.7 Å². The van der Waals surface area contributed by atoms with Crippen LogP contribution in [0.4, 0.5) is 34.1 Å². The van der Waals surface area contributed by atoms with Gasteiger partial charge in [0, 0.05) is 22.7 Å². The number of aryl methyl sites for hydroxylation is 1. The fourth-order valence-corrected chi connectivity index (χ4v) is 7.78. The van der Waals surface area contributed by atoms with Gasteiger partial charge in [0.25, 0.3) is 6.71 Å². The van der Waals surface area contributed by atoms with Gasteiger partial charge in [-0.05, 0) is 99.4 Å². The second-order valence-electron chi connectivity index (χ2n) is 15.4. The van der Waals surface area contributed by atoms with Gasteiger partial charge in [-0.1, -0.05) is 77.9 Å². The van der Waals surface area contributed by atoms with Crippen molar-refractivity contribution in [2.75, 3.05) is 23.4 Å². The standard InChI is InChI=1S/C41H39BN2O4/c1-24-18-33-37-34(19-24)44(32-11-9-13-36-39(32)48-23-46-36)30-17-15-26(41(5,6)7)21-28(30)42(37)27-20-25(40(2,3)4)14-16-29(27)43(33)31-10-8-12-35-38(31)47-22-45-35/h8-21H,22-23H2,1-7H3. The summed E-state index contributed by atoms with van der Waals surface area (Å²) < 4.78 is 24.1. The van der Waals surface area contributed by atoms with E-state index in [4.69, 9.17) is 18.9 Å². The highest BCUT2D eigenvalue weighted by atomic mass is 16.7. The smallest absolute Gasteiger partial charge is 0.252 e. The summed E-state index contributed by atoms with van der Waals surface area (Å²) in [6.07, 6.45) is 0. The molecule has 0 radical (unpaired) electrons. The minimum absolute atomic E-state index is 0.000517. The fraction of sp³-hybridized carbons (Fsp3) is 0.268. The molecule has 0 saturated heterocycles. The van der Waals surface area contributed by atoms with Crippen molar-refractivity contribution >= 4 is 57.2 Å². The van der Waals surface area contributed by atoms with Crippen LogP contribution < -0.4 is 45.1 Å². The summed E-state index contributed by atoms with van der Waals surface area (Å²) in [5.74, 6) is 3.07. The van der Waals surface area contributed by atoms with Crippen LogP contribution >= 0.6 is 0 Å². The van der Waals surface area contributed by atoms with Gasteiger partial charge >= 0.3 is 0 Å². The van der Waals surface area contributed by atoms with Gasteiger partial charge in [0.1, 0.15) is 0 Å². The van der Waals surface area contributed by atoms with Gasteiger partial charge in [-0.3, -0.25) is 0 Å². The highest BCUT2D eigenvalue weighted by molar-refractivity contribution is 7.00. The minimum Gasteiger partial charge on any atom is -0.454 e. The molecule has 0 saturated carbocycles.